The van der Waals surface area contributed by atoms with E-state index < -0.39 is 0 Å². The Labute approximate surface area is 88.4 Å². The Morgan fingerprint density at radius 2 is 2.57 bits per heavy atom. The zero-order valence-electron chi connectivity index (χ0n) is 8.44. The maximum absolute atomic E-state index is 8.95. The quantitative estimate of drug-likeness (QED) is 0.830. The first kappa shape index (κ1) is 10.1. The summed E-state index contributed by atoms with van der Waals surface area (Å²) >= 11 is 1.68. The molecule has 1 aromatic heterocycles. The molecule has 0 radical (unpaired) electrons. The Morgan fingerprint density at radius 1 is 1.71 bits per heavy atom. The maximum Gasteiger partial charge on any atom is 0.110 e. The van der Waals surface area contributed by atoms with Crippen molar-refractivity contribution in [1.29, 1.82) is 0 Å². The smallest absolute Gasteiger partial charge is 0.110 e. The second-order valence-corrected chi connectivity index (χ2v) is 4.51. The normalized spacial score (nSPS) is 23.1. The number of likely N-dealkylation sites (tertiary alicyclic amines) is 1. The van der Waals surface area contributed by atoms with Gasteiger partial charge in [0.15, 0.2) is 0 Å². The average Bonchev–Trinajstić information content (AvgIpc) is 2.85. The van der Waals surface area contributed by atoms with Crippen LogP contribution >= 0.6 is 11.3 Å². The SMILES string of the molecule is CCN1CCCC1c1nc(CO)cs1. The first-order valence-corrected chi connectivity index (χ1v) is 6.02. The molecule has 0 spiro atoms. The van der Waals surface area contributed by atoms with E-state index in [0.717, 1.165) is 12.2 Å². The lowest BCUT2D eigenvalue weighted by molar-refractivity contribution is 0.264. The second kappa shape index (κ2) is 4.38. The third-order valence-corrected chi connectivity index (χ3v) is 3.78. The van der Waals surface area contributed by atoms with E-state index in [4.69, 9.17) is 5.11 Å². The van der Waals surface area contributed by atoms with Crippen LogP contribution in [0, 0.1) is 0 Å². The number of hydrogen-bond donors (Lipinski definition) is 1. The van der Waals surface area contributed by atoms with Gasteiger partial charge in [-0.05, 0) is 25.9 Å². The van der Waals surface area contributed by atoms with E-state index in [1.165, 1.54) is 24.4 Å². The summed E-state index contributed by atoms with van der Waals surface area (Å²) in [7, 11) is 0. The van der Waals surface area contributed by atoms with Crippen molar-refractivity contribution in [2.24, 2.45) is 0 Å². The third-order valence-electron chi connectivity index (χ3n) is 2.79. The van der Waals surface area contributed by atoms with Crippen molar-refractivity contribution in [1.82, 2.24) is 9.88 Å². The van der Waals surface area contributed by atoms with Crippen LogP contribution in [0.2, 0.25) is 0 Å². The van der Waals surface area contributed by atoms with Crippen LogP contribution in [-0.4, -0.2) is 28.1 Å². The standard InChI is InChI=1S/C10H16N2OS/c1-2-12-5-3-4-9(12)10-11-8(6-13)7-14-10/h7,9,13H,2-6H2,1H3. The lowest BCUT2D eigenvalue weighted by atomic mass is 10.2. The molecule has 1 aromatic rings. The van der Waals surface area contributed by atoms with Crippen LogP contribution in [0.25, 0.3) is 0 Å². The molecule has 1 N–H and O–H groups in total. The van der Waals surface area contributed by atoms with Gasteiger partial charge in [-0.3, -0.25) is 4.90 Å². The third kappa shape index (κ3) is 1.82. The minimum absolute atomic E-state index is 0.0648. The average molecular weight is 212 g/mol. The first-order chi connectivity index (χ1) is 6.85. The number of aromatic nitrogens is 1. The van der Waals surface area contributed by atoms with Gasteiger partial charge < -0.3 is 5.11 Å². The molecule has 1 aliphatic heterocycles. The number of hydrogen-bond acceptors (Lipinski definition) is 4. The van der Waals surface area contributed by atoms with E-state index in [2.05, 4.69) is 16.8 Å². The first-order valence-electron chi connectivity index (χ1n) is 5.14. The van der Waals surface area contributed by atoms with E-state index in [9.17, 15) is 0 Å². The summed E-state index contributed by atoms with van der Waals surface area (Å²) in [5.41, 5.74) is 0.813. The highest BCUT2D eigenvalue weighted by atomic mass is 32.1. The topological polar surface area (TPSA) is 36.4 Å². The monoisotopic (exact) mass is 212 g/mol. The Bertz CT molecular complexity index is 300. The Balaban J connectivity index is 2.13. The molecule has 3 nitrogen and oxygen atoms in total. The summed E-state index contributed by atoms with van der Waals surface area (Å²) in [5, 5.41) is 12.1. The summed E-state index contributed by atoms with van der Waals surface area (Å²) in [5.74, 6) is 0. The van der Waals surface area contributed by atoms with Crippen LogP contribution in [0.5, 0.6) is 0 Å². The number of rotatable bonds is 3. The summed E-state index contributed by atoms with van der Waals surface area (Å²) < 4.78 is 0. The van der Waals surface area contributed by atoms with E-state index in [1.54, 1.807) is 11.3 Å². The molecular formula is C10H16N2OS. The van der Waals surface area contributed by atoms with Gasteiger partial charge in [-0.1, -0.05) is 6.92 Å². The second-order valence-electron chi connectivity index (χ2n) is 3.62. The van der Waals surface area contributed by atoms with Crippen molar-refractivity contribution in [3.63, 3.8) is 0 Å². The molecule has 78 valence electrons. The van der Waals surface area contributed by atoms with Crippen molar-refractivity contribution < 1.29 is 5.11 Å². The zero-order chi connectivity index (χ0) is 9.97. The van der Waals surface area contributed by atoms with Crippen molar-refractivity contribution in [3.8, 4) is 0 Å². The molecule has 1 atom stereocenters. The number of aliphatic hydroxyl groups is 1. The molecule has 0 amide bonds. The zero-order valence-corrected chi connectivity index (χ0v) is 9.26. The molecule has 0 aromatic carbocycles. The Hall–Kier alpha value is -0.450. The fourth-order valence-electron chi connectivity index (χ4n) is 2.03. The fraction of sp³-hybridized carbons (Fsp3) is 0.700. The van der Waals surface area contributed by atoms with Crippen molar-refractivity contribution in [2.75, 3.05) is 13.1 Å². The maximum atomic E-state index is 8.95. The van der Waals surface area contributed by atoms with Crippen LogP contribution in [0.1, 0.15) is 36.5 Å². The van der Waals surface area contributed by atoms with Gasteiger partial charge in [-0.25, -0.2) is 4.98 Å². The summed E-state index contributed by atoms with van der Waals surface area (Å²) in [6.07, 6.45) is 2.48. The van der Waals surface area contributed by atoms with Gasteiger partial charge in [0.1, 0.15) is 5.01 Å². The minimum Gasteiger partial charge on any atom is -0.390 e. The lowest BCUT2D eigenvalue weighted by Gasteiger charge is -2.20. The number of aliphatic hydroxyl groups excluding tert-OH is 1. The Kier molecular flexibility index (Phi) is 3.15. The molecule has 2 heterocycles. The highest BCUT2D eigenvalue weighted by molar-refractivity contribution is 7.09. The van der Waals surface area contributed by atoms with Crippen LogP contribution in [0.4, 0.5) is 0 Å². The predicted molar refractivity (Wildman–Crippen MR) is 57.3 cm³/mol. The van der Waals surface area contributed by atoms with E-state index in [-0.39, 0.29) is 6.61 Å². The van der Waals surface area contributed by atoms with Crippen LogP contribution < -0.4 is 0 Å². The highest BCUT2D eigenvalue weighted by Crippen LogP contribution is 2.33. The van der Waals surface area contributed by atoms with Gasteiger partial charge in [0, 0.05) is 5.38 Å². The van der Waals surface area contributed by atoms with Gasteiger partial charge in [0.2, 0.25) is 0 Å². The van der Waals surface area contributed by atoms with Gasteiger partial charge in [0.25, 0.3) is 0 Å². The molecule has 4 heteroatoms. The fourth-order valence-corrected chi connectivity index (χ4v) is 3.01. The highest BCUT2D eigenvalue weighted by Gasteiger charge is 2.26. The Morgan fingerprint density at radius 3 is 3.21 bits per heavy atom. The molecule has 1 saturated heterocycles. The molecule has 0 bridgehead atoms. The van der Waals surface area contributed by atoms with Crippen LogP contribution in [-0.2, 0) is 6.61 Å². The molecule has 1 aliphatic rings. The number of thiazole rings is 1. The van der Waals surface area contributed by atoms with E-state index in [1.807, 2.05) is 5.38 Å². The summed E-state index contributed by atoms with van der Waals surface area (Å²) in [6.45, 7) is 4.54. The molecule has 1 unspecified atom stereocenters. The van der Waals surface area contributed by atoms with Gasteiger partial charge in [-0.15, -0.1) is 11.3 Å². The van der Waals surface area contributed by atoms with Crippen molar-refractivity contribution in [3.05, 3.63) is 16.1 Å². The van der Waals surface area contributed by atoms with Crippen molar-refractivity contribution >= 4 is 11.3 Å². The lowest BCUT2D eigenvalue weighted by Crippen LogP contribution is -2.22. The van der Waals surface area contributed by atoms with E-state index in [0.29, 0.717) is 6.04 Å². The number of nitrogens with zero attached hydrogens (tertiary/aromatic N) is 2. The van der Waals surface area contributed by atoms with Crippen LogP contribution in [0.3, 0.4) is 0 Å². The van der Waals surface area contributed by atoms with Crippen LogP contribution in [0.15, 0.2) is 5.38 Å². The van der Waals surface area contributed by atoms with Gasteiger partial charge in [-0.2, -0.15) is 0 Å². The molecule has 1 fully saturated rings. The molecule has 14 heavy (non-hydrogen) atoms. The summed E-state index contributed by atoms with van der Waals surface area (Å²) in [4.78, 5) is 6.89. The molecule has 0 aliphatic carbocycles. The summed E-state index contributed by atoms with van der Waals surface area (Å²) in [6, 6.07) is 0.505. The van der Waals surface area contributed by atoms with Crippen molar-refractivity contribution in [2.45, 2.75) is 32.4 Å². The molecule has 0 saturated carbocycles. The van der Waals surface area contributed by atoms with E-state index >= 15 is 0 Å². The predicted octanol–water partition coefficient (Wildman–Crippen LogP) is 1.79. The van der Waals surface area contributed by atoms with Gasteiger partial charge in [0.05, 0.1) is 18.3 Å². The molecular weight excluding hydrogens is 196 g/mol. The largest absolute Gasteiger partial charge is 0.390 e. The molecule has 2 rings (SSSR count). The minimum atomic E-state index is 0.0648. The van der Waals surface area contributed by atoms with Gasteiger partial charge >= 0.3 is 0 Å².